The Bertz CT molecular complexity index is 626. The fourth-order valence-corrected chi connectivity index (χ4v) is 1.93. The molecule has 2 aromatic carbocycles. The molecular formula is C15H13F3N2O. The largest absolute Gasteiger partial charge is 0.412 e. The number of nitrogens with two attached hydrogens (primary N) is 1. The molecule has 0 aliphatic rings. The number of hydrogen-bond donors (Lipinski definition) is 2. The molecule has 0 saturated heterocycles. The van der Waals surface area contributed by atoms with Gasteiger partial charge in [0, 0.05) is 11.3 Å². The summed E-state index contributed by atoms with van der Waals surface area (Å²) in [7, 11) is 0. The Kier molecular flexibility index (Phi) is 4.16. The predicted molar refractivity (Wildman–Crippen MR) is 73.8 cm³/mol. The van der Waals surface area contributed by atoms with Gasteiger partial charge in [-0.05, 0) is 23.8 Å². The van der Waals surface area contributed by atoms with Crippen molar-refractivity contribution in [2.45, 2.75) is 12.2 Å². The van der Waals surface area contributed by atoms with Crippen LogP contribution in [0.2, 0.25) is 0 Å². The molecule has 0 aromatic heterocycles. The average Bonchev–Trinajstić information content (AvgIpc) is 2.45. The van der Waals surface area contributed by atoms with Crippen molar-refractivity contribution in [3.05, 3.63) is 65.7 Å². The van der Waals surface area contributed by atoms with Gasteiger partial charge in [0.15, 0.2) is 0 Å². The number of anilines is 1. The van der Waals surface area contributed by atoms with E-state index >= 15 is 0 Å². The molecule has 1 unspecified atom stereocenters. The van der Waals surface area contributed by atoms with E-state index in [1.807, 2.05) is 0 Å². The number of benzene rings is 2. The number of alkyl halides is 3. The van der Waals surface area contributed by atoms with Crippen LogP contribution in [0.5, 0.6) is 0 Å². The van der Waals surface area contributed by atoms with E-state index in [2.05, 4.69) is 5.32 Å². The van der Waals surface area contributed by atoms with Gasteiger partial charge in [0.05, 0.1) is 0 Å². The Hall–Kier alpha value is -2.50. The molecule has 0 aliphatic carbocycles. The van der Waals surface area contributed by atoms with Gasteiger partial charge in [-0.2, -0.15) is 13.2 Å². The van der Waals surface area contributed by atoms with Gasteiger partial charge in [0.1, 0.15) is 6.04 Å². The van der Waals surface area contributed by atoms with Gasteiger partial charge in [0.25, 0.3) is 0 Å². The minimum atomic E-state index is -4.47. The first-order chi connectivity index (χ1) is 9.88. The number of primary amides is 1. The van der Waals surface area contributed by atoms with Crippen molar-refractivity contribution in [1.29, 1.82) is 0 Å². The van der Waals surface area contributed by atoms with E-state index < -0.39 is 18.1 Å². The monoisotopic (exact) mass is 294 g/mol. The van der Waals surface area contributed by atoms with E-state index in [-0.39, 0.29) is 16.8 Å². The molecule has 0 fully saturated rings. The lowest BCUT2D eigenvalue weighted by molar-refractivity contribution is -0.144. The van der Waals surface area contributed by atoms with Crippen LogP contribution in [0.3, 0.4) is 0 Å². The van der Waals surface area contributed by atoms with Crippen molar-refractivity contribution < 1.29 is 18.0 Å². The van der Waals surface area contributed by atoms with Crippen molar-refractivity contribution in [2.75, 3.05) is 5.32 Å². The fraction of sp³-hybridized carbons (Fsp3) is 0.133. The Morgan fingerprint density at radius 1 is 1.05 bits per heavy atom. The van der Waals surface area contributed by atoms with Gasteiger partial charge in [-0.3, -0.25) is 4.79 Å². The second kappa shape index (κ2) is 5.87. The number of nitrogens with one attached hydrogen (secondary N) is 1. The fourth-order valence-electron chi connectivity index (χ4n) is 1.93. The molecular weight excluding hydrogens is 281 g/mol. The van der Waals surface area contributed by atoms with E-state index in [4.69, 9.17) is 5.73 Å². The zero-order valence-electron chi connectivity index (χ0n) is 10.9. The normalized spacial score (nSPS) is 12.7. The maximum Gasteiger partial charge on any atom is 0.412 e. The van der Waals surface area contributed by atoms with Gasteiger partial charge in [-0.15, -0.1) is 0 Å². The molecule has 0 bridgehead atoms. The summed E-state index contributed by atoms with van der Waals surface area (Å²) in [6.07, 6.45) is -4.47. The van der Waals surface area contributed by atoms with E-state index in [1.54, 1.807) is 6.07 Å². The highest BCUT2D eigenvalue weighted by Crippen LogP contribution is 2.35. The average molecular weight is 294 g/mol. The summed E-state index contributed by atoms with van der Waals surface area (Å²) >= 11 is 0. The lowest BCUT2D eigenvalue weighted by Crippen LogP contribution is -2.28. The minimum absolute atomic E-state index is 0.0921. The van der Waals surface area contributed by atoms with Crippen molar-refractivity contribution in [3.8, 4) is 0 Å². The molecule has 1 amide bonds. The highest BCUT2D eigenvalue weighted by molar-refractivity contribution is 5.93. The molecule has 0 heterocycles. The number of halogens is 3. The third-order valence-electron chi connectivity index (χ3n) is 2.92. The van der Waals surface area contributed by atoms with Crippen LogP contribution >= 0.6 is 0 Å². The summed E-state index contributed by atoms with van der Waals surface area (Å²) in [5.74, 6) is -0.693. The highest BCUT2D eigenvalue weighted by atomic mass is 19.4. The maximum atomic E-state index is 13.2. The first kappa shape index (κ1) is 14.9. The molecule has 6 heteroatoms. The molecule has 110 valence electrons. The van der Waals surface area contributed by atoms with E-state index in [0.717, 1.165) is 0 Å². The second-order valence-corrected chi connectivity index (χ2v) is 4.47. The second-order valence-electron chi connectivity index (χ2n) is 4.47. The maximum absolute atomic E-state index is 13.2. The lowest BCUT2D eigenvalue weighted by Gasteiger charge is -2.23. The van der Waals surface area contributed by atoms with Gasteiger partial charge < -0.3 is 11.1 Å². The molecule has 2 rings (SSSR count). The standard InChI is InChI=1S/C15H13F3N2O/c16-15(17,18)13(10-5-2-1-3-6-10)20-12-8-4-7-11(9-12)14(19)21/h1-9,13,20H,(H2,19,21). The van der Waals surface area contributed by atoms with Crippen molar-refractivity contribution in [3.63, 3.8) is 0 Å². The molecule has 0 radical (unpaired) electrons. The topological polar surface area (TPSA) is 55.1 Å². The van der Waals surface area contributed by atoms with Crippen molar-refractivity contribution in [1.82, 2.24) is 0 Å². The summed E-state index contributed by atoms with van der Waals surface area (Å²) < 4.78 is 39.6. The summed E-state index contributed by atoms with van der Waals surface area (Å²) in [4.78, 5) is 11.1. The summed E-state index contributed by atoms with van der Waals surface area (Å²) in [5.41, 5.74) is 5.54. The van der Waals surface area contributed by atoms with Crippen LogP contribution < -0.4 is 11.1 Å². The number of carbonyl (C=O) groups excluding carboxylic acids is 1. The van der Waals surface area contributed by atoms with Crippen LogP contribution in [-0.4, -0.2) is 12.1 Å². The number of hydrogen-bond acceptors (Lipinski definition) is 2. The van der Waals surface area contributed by atoms with E-state index in [0.29, 0.717) is 0 Å². The SMILES string of the molecule is NC(=O)c1cccc(NC(c2ccccc2)C(F)(F)F)c1. The van der Waals surface area contributed by atoms with Crippen LogP contribution in [0.4, 0.5) is 18.9 Å². The quantitative estimate of drug-likeness (QED) is 0.906. The molecule has 1 atom stereocenters. The summed E-state index contributed by atoms with van der Waals surface area (Å²) in [5, 5.41) is 2.40. The van der Waals surface area contributed by atoms with Crippen molar-refractivity contribution in [2.24, 2.45) is 5.73 Å². The zero-order chi connectivity index (χ0) is 15.5. The van der Waals surface area contributed by atoms with Gasteiger partial charge >= 0.3 is 6.18 Å². The number of rotatable bonds is 4. The summed E-state index contributed by atoms with van der Waals surface area (Å²) in [6, 6.07) is 11.3. The third kappa shape index (κ3) is 3.75. The number of amides is 1. The molecule has 3 nitrogen and oxygen atoms in total. The minimum Gasteiger partial charge on any atom is -0.370 e. The van der Waals surface area contributed by atoms with Gasteiger partial charge in [-0.1, -0.05) is 36.4 Å². The Labute approximate surface area is 119 Å². The van der Waals surface area contributed by atoms with Crippen LogP contribution in [-0.2, 0) is 0 Å². The molecule has 0 aliphatic heterocycles. The van der Waals surface area contributed by atoms with Crippen LogP contribution in [0.15, 0.2) is 54.6 Å². The molecule has 21 heavy (non-hydrogen) atoms. The van der Waals surface area contributed by atoms with E-state index in [1.165, 1.54) is 48.5 Å². The lowest BCUT2D eigenvalue weighted by atomic mass is 10.1. The van der Waals surface area contributed by atoms with Crippen LogP contribution in [0, 0.1) is 0 Å². The Balaban J connectivity index is 2.32. The first-order valence-electron chi connectivity index (χ1n) is 6.16. The van der Waals surface area contributed by atoms with Crippen LogP contribution in [0.25, 0.3) is 0 Å². The highest BCUT2D eigenvalue weighted by Gasteiger charge is 2.40. The van der Waals surface area contributed by atoms with Crippen molar-refractivity contribution >= 4 is 11.6 Å². The Morgan fingerprint density at radius 2 is 1.71 bits per heavy atom. The number of carbonyl (C=O) groups is 1. The smallest absolute Gasteiger partial charge is 0.370 e. The molecule has 3 N–H and O–H groups in total. The molecule has 0 saturated carbocycles. The van der Waals surface area contributed by atoms with Crippen LogP contribution in [0.1, 0.15) is 22.0 Å². The third-order valence-corrected chi connectivity index (χ3v) is 2.92. The summed E-state index contributed by atoms with van der Waals surface area (Å²) in [6.45, 7) is 0. The predicted octanol–water partition coefficient (Wildman–Crippen LogP) is 3.50. The van der Waals surface area contributed by atoms with E-state index in [9.17, 15) is 18.0 Å². The first-order valence-corrected chi connectivity index (χ1v) is 6.16. The molecule has 0 spiro atoms. The zero-order valence-corrected chi connectivity index (χ0v) is 10.9. The Morgan fingerprint density at radius 3 is 2.29 bits per heavy atom. The van der Waals surface area contributed by atoms with Gasteiger partial charge in [0.2, 0.25) is 5.91 Å². The molecule has 2 aromatic rings. The van der Waals surface area contributed by atoms with Gasteiger partial charge in [-0.25, -0.2) is 0 Å².